The minimum absolute atomic E-state index is 0.0434. The maximum atomic E-state index is 11.8. The fraction of sp³-hybridized carbons (Fsp3) is 0.158. The molecule has 0 radical (unpaired) electrons. The molecule has 0 bridgehead atoms. The number of amides is 1. The highest BCUT2D eigenvalue weighted by Gasteiger charge is 2.27. The number of hydrogen-bond donors (Lipinski definition) is 3. The quantitative estimate of drug-likeness (QED) is 0.514. The number of anilines is 1. The molecule has 0 saturated carbocycles. The summed E-state index contributed by atoms with van der Waals surface area (Å²) in [6.45, 7) is 9.29. The van der Waals surface area contributed by atoms with Crippen molar-refractivity contribution in [2.24, 2.45) is 20.7 Å². The zero-order valence-corrected chi connectivity index (χ0v) is 14.5. The van der Waals surface area contributed by atoms with Gasteiger partial charge in [-0.05, 0) is 12.1 Å². The van der Waals surface area contributed by atoms with Gasteiger partial charge in [-0.2, -0.15) is 9.98 Å². The normalized spacial score (nSPS) is 14.7. The van der Waals surface area contributed by atoms with Crippen molar-refractivity contribution < 1.29 is 4.79 Å². The third kappa shape index (κ3) is 5.35. The average molecular weight is 350 g/mol. The number of nitrogens with one attached hydrogen (secondary N) is 2. The average Bonchev–Trinajstić information content (AvgIpc) is 3.05. The van der Waals surface area contributed by atoms with Crippen LogP contribution in [0.2, 0.25) is 0 Å². The number of nitrogens with two attached hydrogens (primary N) is 1. The van der Waals surface area contributed by atoms with Gasteiger partial charge in [0.05, 0.1) is 5.57 Å². The first-order valence-corrected chi connectivity index (χ1v) is 8.12. The fourth-order valence-electron chi connectivity index (χ4n) is 2.20. The van der Waals surface area contributed by atoms with Crippen LogP contribution in [0, 0.1) is 0 Å². The highest BCUT2D eigenvalue weighted by Crippen LogP contribution is 2.19. The predicted octanol–water partition coefficient (Wildman–Crippen LogP) is 1.68. The largest absolute Gasteiger partial charge is 0.381 e. The van der Waals surface area contributed by atoms with E-state index in [2.05, 4.69) is 38.8 Å². The summed E-state index contributed by atoms with van der Waals surface area (Å²) >= 11 is 0. The number of aliphatic imine (C=N–C) groups is 3. The number of guanidine groups is 1. The predicted molar refractivity (Wildman–Crippen MR) is 108 cm³/mol. The second kappa shape index (κ2) is 9.85. The summed E-state index contributed by atoms with van der Waals surface area (Å²) in [7, 11) is 0. The van der Waals surface area contributed by atoms with E-state index in [0.29, 0.717) is 18.0 Å². The van der Waals surface area contributed by atoms with Gasteiger partial charge in [0.2, 0.25) is 5.96 Å². The van der Waals surface area contributed by atoms with E-state index in [1.165, 1.54) is 0 Å². The summed E-state index contributed by atoms with van der Waals surface area (Å²) in [6.07, 6.45) is 5.27. The zero-order valence-electron chi connectivity index (χ0n) is 14.5. The van der Waals surface area contributed by atoms with E-state index in [0.717, 1.165) is 24.4 Å². The molecular weight excluding hydrogens is 328 g/mol. The number of para-hydroxylation sites is 1. The van der Waals surface area contributed by atoms with Gasteiger partial charge in [-0.15, -0.1) is 13.2 Å². The molecule has 0 aromatic heterocycles. The molecule has 3 rings (SSSR count). The van der Waals surface area contributed by atoms with Crippen LogP contribution in [-0.4, -0.2) is 43.6 Å². The SMILES string of the molecule is C=CCNCC=C.NC1=NC(=O)C2=C(CNc3ccccc3)C=NC2=N1. The van der Waals surface area contributed by atoms with Crippen LogP contribution in [0.1, 0.15) is 0 Å². The Balaban J connectivity index is 0.000000298. The van der Waals surface area contributed by atoms with Gasteiger partial charge in [0.1, 0.15) is 0 Å². The van der Waals surface area contributed by atoms with Crippen LogP contribution in [0.25, 0.3) is 0 Å². The third-order valence-electron chi connectivity index (χ3n) is 3.37. The van der Waals surface area contributed by atoms with E-state index in [1.54, 1.807) is 6.21 Å². The van der Waals surface area contributed by atoms with Gasteiger partial charge in [-0.1, -0.05) is 30.4 Å². The Labute approximate surface area is 152 Å². The van der Waals surface area contributed by atoms with Crippen LogP contribution in [0.3, 0.4) is 0 Å². The monoisotopic (exact) mass is 350 g/mol. The van der Waals surface area contributed by atoms with Gasteiger partial charge >= 0.3 is 0 Å². The lowest BCUT2D eigenvalue weighted by atomic mass is 10.1. The van der Waals surface area contributed by atoms with Crippen LogP contribution in [0.5, 0.6) is 0 Å². The number of amidine groups is 1. The molecule has 1 aromatic carbocycles. The van der Waals surface area contributed by atoms with Crippen LogP contribution in [0.15, 0.2) is 81.8 Å². The minimum atomic E-state index is -0.384. The van der Waals surface area contributed by atoms with Gasteiger partial charge < -0.3 is 16.4 Å². The Bertz CT molecular complexity index is 782. The molecule has 0 fully saturated rings. The maximum absolute atomic E-state index is 11.8. The van der Waals surface area contributed by atoms with Crippen LogP contribution >= 0.6 is 0 Å². The van der Waals surface area contributed by atoms with E-state index < -0.39 is 0 Å². The first-order valence-electron chi connectivity index (χ1n) is 8.12. The van der Waals surface area contributed by atoms with E-state index in [4.69, 9.17) is 5.73 Å². The number of nitrogens with zero attached hydrogens (tertiary/aromatic N) is 3. The molecule has 0 saturated heterocycles. The Hall–Kier alpha value is -3.32. The molecule has 2 aliphatic heterocycles. The lowest BCUT2D eigenvalue weighted by Gasteiger charge is -2.09. The van der Waals surface area contributed by atoms with Crippen molar-refractivity contribution in [1.82, 2.24) is 5.32 Å². The summed E-state index contributed by atoms with van der Waals surface area (Å²) in [5.74, 6) is -0.0783. The molecule has 1 amide bonds. The third-order valence-corrected chi connectivity index (χ3v) is 3.37. The molecule has 2 heterocycles. The number of hydrogen-bond acceptors (Lipinski definition) is 6. The minimum Gasteiger partial charge on any atom is -0.381 e. The number of benzene rings is 1. The molecule has 4 N–H and O–H groups in total. The Morgan fingerprint density at radius 2 is 1.77 bits per heavy atom. The highest BCUT2D eigenvalue weighted by molar-refractivity contribution is 6.34. The van der Waals surface area contributed by atoms with Gasteiger partial charge in [-0.25, -0.2) is 4.99 Å². The fourth-order valence-corrected chi connectivity index (χ4v) is 2.20. The first-order chi connectivity index (χ1) is 12.7. The molecule has 0 atom stereocenters. The smallest absolute Gasteiger partial charge is 0.284 e. The van der Waals surface area contributed by atoms with Crippen molar-refractivity contribution in [2.75, 3.05) is 25.0 Å². The van der Waals surface area contributed by atoms with Crippen molar-refractivity contribution in [2.45, 2.75) is 0 Å². The van der Waals surface area contributed by atoms with Crippen molar-refractivity contribution in [1.29, 1.82) is 0 Å². The van der Waals surface area contributed by atoms with E-state index in [1.807, 2.05) is 42.5 Å². The van der Waals surface area contributed by atoms with Crippen LogP contribution in [0.4, 0.5) is 5.69 Å². The number of rotatable bonds is 7. The molecule has 26 heavy (non-hydrogen) atoms. The molecule has 0 aliphatic carbocycles. The molecule has 134 valence electrons. The Morgan fingerprint density at radius 3 is 2.42 bits per heavy atom. The summed E-state index contributed by atoms with van der Waals surface area (Å²) < 4.78 is 0. The molecule has 2 aliphatic rings. The summed E-state index contributed by atoms with van der Waals surface area (Å²) in [6, 6.07) is 9.71. The summed E-state index contributed by atoms with van der Waals surface area (Å²) in [5.41, 5.74) is 7.59. The topological polar surface area (TPSA) is 104 Å². The molecular formula is C19H22N6O. The standard InChI is InChI=1S/C13H11N5O.C6H11N/c14-13-17-11-10(12(19)18-13)8(7-16-11)6-15-9-4-2-1-3-5-9;1-3-5-7-6-4-2/h1-5,7,15H,6H2,(H2,14,18,19);3-4,7H,1-2,5-6H2. The number of fused-ring (bicyclic) bond motifs is 1. The number of carbonyl (C=O) groups is 1. The molecule has 7 heteroatoms. The lowest BCUT2D eigenvalue weighted by molar-refractivity contribution is -0.113. The van der Waals surface area contributed by atoms with Crippen LogP contribution < -0.4 is 16.4 Å². The van der Waals surface area contributed by atoms with Crippen molar-refractivity contribution in [3.8, 4) is 0 Å². The highest BCUT2D eigenvalue weighted by atomic mass is 16.1. The molecule has 0 unspecified atom stereocenters. The second-order valence-electron chi connectivity index (χ2n) is 5.32. The molecule has 1 aromatic rings. The van der Waals surface area contributed by atoms with E-state index >= 15 is 0 Å². The van der Waals surface area contributed by atoms with Crippen molar-refractivity contribution in [3.63, 3.8) is 0 Å². The molecule has 7 nitrogen and oxygen atoms in total. The maximum Gasteiger partial charge on any atom is 0.284 e. The Morgan fingerprint density at radius 1 is 1.08 bits per heavy atom. The van der Waals surface area contributed by atoms with Gasteiger partial charge in [0.15, 0.2) is 5.84 Å². The van der Waals surface area contributed by atoms with Crippen molar-refractivity contribution in [3.05, 3.63) is 66.8 Å². The summed E-state index contributed by atoms with van der Waals surface area (Å²) in [4.78, 5) is 23.4. The van der Waals surface area contributed by atoms with E-state index in [-0.39, 0.29) is 11.9 Å². The summed E-state index contributed by atoms with van der Waals surface area (Å²) in [5, 5.41) is 6.26. The van der Waals surface area contributed by atoms with E-state index in [9.17, 15) is 4.79 Å². The Kier molecular flexibility index (Phi) is 7.20. The van der Waals surface area contributed by atoms with Gasteiger partial charge in [0.25, 0.3) is 5.91 Å². The van der Waals surface area contributed by atoms with Crippen molar-refractivity contribution >= 4 is 29.6 Å². The number of carbonyl (C=O) groups excluding carboxylic acids is 1. The first kappa shape index (κ1) is 19.0. The molecule has 0 spiro atoms. The lowest BCUT2D eigenvalue weighted by Crippen LogP contribution is -2.23. The second-order valence-corrected chi connectivity index (χ2v) is 5.32. The van der Waals surface area contributed by atoms with Gasteiger partial charge in [-0.3, -0.25) is 4.79 Å². The van der Waals surface area contributed by atoms with Crippen LogP contribution in [-0.2, 0) is 4.79 Å². The van der Waals surface area contributed by atoms with Gasteiger partial charge in [0, 0.05) is 37.1 Å². The zero-order chi connectivity index (χ0) is 18.8.